The van der Waals surface area contributed by atoms with Crippen molar-refractivity contribution in [2.24, 2.45) is 5.92 Å². The maximum Gasteiger partial charge on any atom is 0.216 e. The molecule has 1 fully saturated rings. The van der Waals surface area contributed by atoms with Crippen LogP contribution in [0.2, 0.25) is 36.3 Å². The zero-order valence-electron chi connectivity index (χ0n) is 21.1. The predicted octanol–water partition coefficient (Wildman–Crippen LogP) is 6.35. The molecule has 3 atom stereocenters. The van der Waals surface area contributed by atoms with Gasteiger partial charge in [0.1, 0.15) is 12.4 Å². The fourth-order valence-electron chi connectivity index (χ4n) is 3.21. The van der Waals surface area contributed by atoms with Crippen LogP contribution in [0.4, 0.5) is 0 Å². The van der Waals surface area contributed by atoms with E-state index in [4.69, 9.17) is 13.6 Å². The number of rotatable bonds is 7. The van der Waals surface area contributed by atoms with Crippen LogP contribution in [0.3, 0.4) is 0 Å². The average molecular weight is 453 g/mol. The Balaban J connectivity index is 2.15. The number of ether oxygens (including phenoxy) is 1. The summed E-state index contributed by atoms with van der Waals surface area (Å²) in [5, 5.41) is 0.385. The third-order valence-electron chi connectivity index (χ3n) is 7.37. The molecule has 1 aromatic rings. The Labute approximate surface area is 186 Å². The summed E-state index contributed by atoms with van der Waals surface area (Å²) in [6, 6.07) is 1.91. The van der Waals surface area contributed by atoms with Crippen molar-refractivity contribution in [2.45, 2.75) is 110 Å². The van der Waals surface area contributed by atoms with Crippen LogP contribution in [0.25, 0.3) is 0 Å². The zero-order chi connectivity index (χ0) is 23.0. The van der Waals surface area contributed by atoms with Gasteiger partial charge in [-0.1, -0.05) is 41.5 Å². The number of nitrogens with zero attached hydrogens (tertiary/aromatic N) is 2. The van der Waals surface area contributed by atoms with Gasteiger partial charge in [0.2, 0.25) is 5.88 Å². The summed E-state index contributed by atoms with van der Waals surface area (Å²) >= 11 is 0. The predicted molar refractivity (Wildman–Crippen MR) is 129 cm³/mol. The smallest absolute Gasteiger partial charge is 0.216 e. The van der Waals surface area contributed by atoms with Crippen LogP contribution in [-0.4, -0.2) is 45.4 Å². The van der Waals surface area contributed by atoms with E-state index in [9.17, 15) is 0 Å². The van der Waals surface area contributed by atoms with Gasteiger partial charge in [0.05, 0.1) is 6.10 Å². The van der Waals surface area contributed by atoms with Gasteiger partial charge >= 0.3 is 0 Å². The van der Waals surface area contributed by atoms with Gasteiger partial charge in [-0.05, 0) is 49.6 Å². The highest BCUT2D eigenvalue weighted by atomic mass is 28.4. The maximum absolute atomic E-state index is 6.88. The molecule has 172 valence electrons. The van der Waals surface area contributed by atoms with Crippen molar-refractivity contribution in [2.75, 3.05) is 6.61 Å². The van der Waals surface area contributed by atoms with Crippen molar-refractivity contribution in [1.29, 1.82) is 0 Å². The quantitative estimate of drug-likeness (QED) is 0.451. The van der Waals surface area contributed by atoms with Crippen molar-refractivity contribution in [3.63, 3.8) is 0 Å². The van der Waals surface area contributed by atoms with Crippen molar-refractivity contribution in [3.8, 4) is 5.88 Å². The van der Waals surface area contributed by atoms with E-state index in [1.807, 2.05) is 13.0 Å². The fourth-order valence-corrected chi connectivity index (χ4v) is 5.67. The molecular formula is C23H44N2O3Si2. The third-order valence-corrected chi connectivity index (χ3v) is 16.4. The van der Waals surface area contributed by atoms with Crippen LogP contribution >= 0.6 is 0 Å². The van der Waals surface area contributed by atoms with Gasteiger partial charge in [-0.3, -0.25) is 0 Å². The summed E-state index contributed by atoms with van der Waals surface area (Å²) in [5.41, 5.74) is 0.921. The summed E-state index contributed by atoms with van der Waals surface area (Å²) in [5.74, 6) is 1.01. The van der Waals surface area contributed by atoms with Gasteiger partial charge in [-0.15, -0.1) is 0 Å². The molecule has 1 saturated carbocycles. The lowest BCUT2D eigenvalue weighted by molar-refractivity contribution is 0.0999. The molecule has 30 heavy (non-hydrogen) atoms. The van der Waals surface area contributed by atoms with E-state index in [-0.39, 0.29) is 22.3 Å². The summed E-state index contributed by atoms with van der Waals surface area (Å²) < 4.78 is 19.8. The molecule has 0 bridgehead atoms. The fraction of sp³-hybridized carbons (Fsp3) is 0.826. The second-order valence-corrected chi connectivity index (χ2v) is 21.5. The standard InChI is InChI=1S/C23H44N2O3Si2/c1-17-12-21(25-16-24-17)27-19-13-18(15-26-29(8,9)22(2,3)4)20(14-19)28-30(10,11)23(5,6)7/h12,16,18-20H,13-15H2,1-11H3/t18-,19+,20-/m0/s1. The average Bonchev–Trinajstić information content (AvgIpc) is 2.91. The zero-order valence-corrected chi connectivity index (χ0v) is 23.1. The Hall–Kier alpha value is -0.766. The molecule has 7 heteroatoms. The second kappa shape index (κ2) is 9.00. The molecular weight excluding hydrogens is 408 g/mol. The van der Waals surface area contributed by atoms with Crippen LogP contribution in [0.1, 0.15) is 60.1 Å². The molecule has 0 unspecified atom stereocenters. The number of hydrogen-bond donors (Lipinski definition) is 0. The topological polar surface area (TPSA) is 53.5 Å². The monoisotopic (exact) mass is 452 g/mol. The van der Waals surface area contributed by atoms with Gasteiger partial charge < -0.3 is 13.6 Å². The minimum Gasteiger partial charge on any atom is -0.474 e. The summed E-state index contributed by atoms with van der Waals surface area (Å²) in [6.45, 7) is 25.8. The van der Waals surface area contributed by atoms with Crippen molar-refractivity contribution >= 4 is 16.6 Å². The third kappa shape index (κ3) is 6.37. The van der Waals surface area contributed by atoms with E-state index < -0.39 is 16.6 Å². The molecule has 1 heterocycles. The van der Waals surface area contributed by atoms with E-state index in [1.54, 1.807) is 6.33 Å². The molecule has 1 aliphatic rings. The maximum atomic E-state index is 6.88. The molecule has 5 nitrogen and oxygen atoms in total. The highest BCUT2D eigenvalue weighted by Gasteiger charge is 2.46. The molecule has 0 amide bonds. The van der Waals surface area contributed by atoms with E-state index in [0.717, 1.165) is 25.1 Å². The Morgan fingerprint density at radius 1 is 0.933 bits per heavy atom. The van der Waals surface area contributed by atoms with E-state index in [0.29, 0.717) is 11.8 Å². The van der Waals surface area contributed by atoms with Gasteiger partial charge in [0, 0.05) is 30.7 Å². The Kier molecular flexibility index (Phi) is 7.65. The first-order valence-electron chi connectivity index (χ1n) is 11.3. The van der Waals surface area contributed by atoms with Crippen LogP contribution in [0.15, 0.2) is 12.4 Å². The molecule has 0 spiro atoms. The van der Waals surface area contributed by atoms with E-state index in [2.05, 4.69) is 77.7 Å². The summed E-state index contributed by atoms with van der Waals surface area (Å²) in [6.07, 6.45) is 3.67. The first-order valence-corrected chi connectivity index (χ1v) is 17.1. The molecule has 1 aromatic heterocycles. The molecule has 1 aliphatic carbocycles. The lowest BCUT2D eigenvalue weighted by atomic mass is 10.1. The van der Waals surface area contributed by atoms with Crippen LogP contribution < -0.4 is 4.74 Å². The SMILES string of the molecule is Cc1cc(O[C@@H]2C[C@@H](CO[Si](C)(C)C(C)(C)C)[C@@H](O[Si](C)(C)C(C)(C)C)C2)ncn1. The van der Waals surface area contributed by atoms with Crippen LogP contribution in [-0.2, 0) is 8.85 Å². The van der Waals surface area contributed by atoms with Gasteiger partial charge in [-0.25, -0.2) is 9.97 Å². The normalized spacial score (nSPS) is 23.6. The second-order valence-electron chi connectivity index (χ2n) is 12.0. The van der Waals surface area contributed by atoms with Gasteiger partial charge in [-0.2, -0.15) is 0 Å². The molecule has 0 N–H and O–H groups in total. The molecule has 0 aliphatic heterocycles. The molecule has 2 rings (SSSR count). The lowest BCUT2D eigenvalue weighted by Crippen LogP contribution is -2.46. The largest absolute Gasteiger partial charge is 0.474 e. The minimum absolute atomic E-state index is 0.0992. The summed E-state index contributed by atoms with van der Waals surface area (Å²) in [4.78, 5) is 8.47. The lowest BCUT2D eigenvalue weighted by Gasteiger charge is -2.41. The molecule has 0 saturated heterocycles. The van der Waals surface area contributed by atoms with Crippen LogP contribution in [0, 0.1) is 12.8 Å². The number of hydrogen-bond acceptors (Lipinski definition) is 5. The van der Waals surface area contributed by atoms with Crippen molar-refractivity contribution in [3.05, 3.63) is 18.1 Å². The van der Waals surface area contributed by atoms with E-state index >= 15 is 0 Å². The van der Waals surface area contributed by atoms with Gasteiger partial charge in [0.15, 0.2) is 16.6 Å². The molecule has 0 radical (unpaired) electrons. The Morgan fingerprint density at radius 2 is 1.53 bits per heavy atom. The Morgan fingerprint density at radius 3 is 2.07 bits per heavy atom. The number of aromatic nitrogens is 2. The minimum atomic E-state index is -1.88. The highest BCUT2D eigenvalue weighted by Crippen LogP contribution is 2.43. The number of aryl methyl sites for hydroxylation is 1. The summed E-state index contributed by atoms with van der Waals surface area (Å²) in [7, 11) is -3.69. The van der Waals surface area contributed by atoms with Crippen molar-refractivity contribution in [1.82, 2.24) is 9.97 Å². The van der Waals surface area contributed by atoms with Gasteiger partial charge in [0.25, 0.3) is 0 Å². The molecule has 0 aromatic carbocycles. The first-order chi connectivity index (χ1) is 13.5. The highest BCUT2D eigenvalue weighted by molar-refractivity contribution is 6.74. The first kappa shape index (κ1) is 25.5. The van der Waals surface area contributed by atoms with E-state index in [1.165, 1.54) is 0 Å². The Bertz CT molecular complexity index is 711. The van der Waals surface area contributed by atoms with Crippen molar-refractivity contribution < 1.29 is 13.6 Å². The van der Waals surface area contributed by atoms with Crippen LogP contribution in [0.5, 0.6) is 5.88 Å².